The Kier molecular flexibility index (Phi) is 3.00. The summed E-state index contributed by atoms with van der Waals surface area (Å²) < 4.78 is 52.7. The highest BCUT2D eigenvalue weighted by atomic mass is 19.2. The van der Waals surface area contributed by atoms with Crippen molar-refractivity contribution in [3.8, 4) is 0 Å². The van der Waals surface area contributed by atoms with Crippen LogP contribution in [0.1, 0.15) is 0 Å². The van der Waals surface area contributed by atoms with Gasteiger partial charge in [-0.3, -0.25) is 0 Å². The zero-order chi connectivity index (χ0) is 11.7. The molecule has 0 aliphatic carbocycles. The predicted molar refractivity (Wildman–Crippen MR) is 51.4 cm³/mol. The van der Waals surface area contributed by atoms with Gasteiger partial charge in [-0.25, -0.2) is 17.6 Å². The Hall–Kier alpha value is -1.30. The van der Waals surface area contributed by atoms with Gasteiger partial charge in [0.05, 0.1) is 0 Å². The molecule has 1 N–H and O–H groups in total. The normalized spacial score (nSPS) is 16.6. The van der Waals surface area contributed by atoms with E-state index in [4.69, 9.17) is 0 Å². The summed E-state index contributed by atoms with van der Waals surface area (Å²) in [6.45, 7) is 1.68. The molecule has 1 aliphatic heterocycles. The zero-order valence-corrected chi connectivity index (χ0v) is 8.36. The topological polar surface area (TPSA) is 15.3 Å². The van der Waals surface area contributed by atoms with Crippen LogP contribution in [-0.4, -0.2) is 26.2 Å². The van der Waals surface area contributed by atoms with Gasteiger partial charge in [-0.1, -0.05) is 0 Å². The summed E-state index contributed by atoms with van der Waals surface area (Å²) in [7, 11) is 0. The summed E-state index contributed by atoms with van der Waals surface area (Å²) in [5.74, 6) is -5.40. The highest BCUT2D eigenvalue weighted by Crippen LogP contribution is 2.27. The lowest BCUT2D eigenvalue weighted by molar-refractivity contribution is 0.446. The minimum absolute atomic E-state index is 0.219. The highest BCUT2D eigenvalue weighted by Gasteiger charge is 2.24. The van der Waals surface area contributed by atoms with Crippen molar-refractivity contribution in [3.63, 3.8) is 0 Å². The van der Waals surface area contributed by atoms with Crippen LogP contribution in [-0.2, 0) is 0 Å². The molecule has 2 nitrogen and oxygen atoms in total. The van der Waals surface area contributed by atoms with E-state index in [-0.39, 0.29) is 6.07 Å². The third-order valence-corrected chi connectivity index (χ3v) is 2.52. The van der Waals surface area contributed by atoms with Gasteiger partial charge in [0.25, 0.3) is 0 Å². The third-order valence-electron chi connectivity index (χ3n) is 2.52. The van der Waals surface area contributed by atoms with Crippen LogP contribution in [0.2, 0.25) is 0 Å². The van der Waals surface area contributed by atoms with Gasteiger partial charge in [0.15, 0.2) is 23.3 Å². The first kappa shape index (κ1) is 11.2. The molecule has 1 saturated heterocycles. The minimum atomic E-state index is -1.37. The van der Waals surface area contributed by atoms with Crippen molar-refractivity contribution in [2.45, 2.75) is 0 Å². The molecule has 0 atom stereocenters. The molecule has 1 aromatic carbocycles. The van der Waals surface area contributed by atoms with Gasteiger partial charge in [-0.05, 0) is 0 Å². The predicted octanol–water partition coefficient (Wildman–Crippen LogP) is 1.65. The van der Waals surface area contributed by atoms with Crippen LogP contribution in [0.4, 0.5) is 23.2 Å². The van der Waals surface area contributed by atoms with Crippen molar-refractivity contribution < 1.29 is 17.6 Å². The van der Waals surface area contributed by atoms with Gasteiger partial charge in [-0.15, -0.1) is 0 Å². The Balaban J connectivity index is 2.45. The molecule has 16 heavy (non-hydrogen) atoms. The number of anilines is 1. The van der Waals surface area contributed by atoms with Crippen LogP contribution in [0.25, 0.3) is 0 Å². The fourth-order valence-electron chi connectivity index (χ4n) is 1.73. The van der Waals surface area contributed by atoms with Crippen molar-refractivity contribution in [2.24, 2.45) is 0 Å². The van der Waals surface area contributed by atoms with E-state index < -0.39 is 29.0 Å². The van der Waals surface area contributed by atoms with E-state index in [9.17, 15) is 17.6 Å². The Morgan fingerprint density at radius 2 is 1.44 bits per heavy atom. The molecule has 0 bridgehead atoms. The Bertz CT molecular complexity index is 376. The number of rotatable bonds is 1. The molecular formula is C10H10F4N2. The van der Waals surface area contributed by atoms with Crippen molar-refractivity contribution in [3.05, 3.63) is 29.3 Å². The van der Waals surface area contributed by atoms with Gasteiger partial charge < -0.3 is 10.2 Å². The van der Waals surface area contributed by atoms with Gasteiger partial charge in [-0.2, -0.15) is 0 Å². The molecule has 1 fully saturated rings. The first-order valence-corrected chi connectivity index (χ1v) is 4.90. The molecule has 1 heterocycles. The van der Waals surface area contributed by atoms with Gasteiger partial charge in [0.1, 0.15) is 5.69 Å². The molecule has 0 saturated carbocycles. The van der Waals surface area contributed by atoms with Gasteiger partial charge >= 0.3 is 0 Å². The van der Waals surface area contributed by atoms with E-state index in [1.165, 1.54) is 4.90 Å². The molecule has 0 unspecified atom stereocenters. The van der Waals surface area contributed by atoms with Crippen LogP contribution < -0.4 is 10.2 Å². The molecule has 6 heteroatoms. The third kappa shape index (κ3) is 1.84. The molecule has 2 rings (SSSR count). The number of nitrogens with zero attached hydrogens (tertiary/aromatic N) is 1. The first-order chi connectivity index (χ1) is 7.61. The molecule has 0 spiro atoms. The van der Waals surface area contributed by atoms with Crippen molar-refractivity contribution in [1.82, 2.24) is 5.32 Å². The van der Waals surface area contributed by atoms with Crippen molar-refractivity contribution in [1.29, 1.82) is 0 Å². The summed E-state index contributed by atoms with van der Waals surface area (Å²) in [5, 5.41) is 2.98. The lowest BCUT2D eigenvalue weighted by atomic mass is 10.2. The van der Waals surface area contributed by atoms with E-state index >= 15 is 0 Å². The minimum Gasteiger partial charge on any atom is -0.364 e. The molecular weight excluding hydrogens is 224 g/mol. The molecule has 0 amide bonds. The molecule has 1 aliphatic rings. The largest absolute Gasteiger partial charge is 0.364 e. The van der Waals surface area contributed by atoms with Crippen LogP contribution >= 0.6 is 0 Å². The fourth-order valence-corrected chi connectivity index (χ4v) is 1.73. The highest BCUT2D eigenvalue weighted by molar-refractivity contribution is 5.50. The Labute approximate surface area is 89.9 Å². The summed E-state index contributed by atoms with van der Waals surface area (Å²) in [6.07, 6.45) is 0. The fraction of sp³-hybridized carbons (Fsp3) is 0.400. The number of piperazine rings is 1. The maximum Gasteiger partial charge on any atom is 0.185 e. The van der Waals surface area contributed by atoms with E-state index in [1.54, 1.807) is 0 Å². The molecule has 1 aromatic rings. The van der Waals surface area contributed by atoms with E-state index in [0.717, 1.165) is 0 Å². The smallest absolute Gasteiger partial charge is 0.185 e. The second-order valence-electron chi connectivity index (χ2n) is 3.55. The van der Waals surface area contributed by atoms with E-state index in [2.05, 4.69) is 5.32 Å². The molecule has 0 radical (unpaired) electrons. The van der Waals surface area contributed by atoms with Crippen molar-refractivity contribution >= 4 is 5.69 Å². The average molecular weight is 234 g/mol. The number of halogens is 4. The summed E-state index contributed by atoms with van der Waals surface area (Å²) >= 11 is 0. The van der Waals surface area contributed by atoms with Crippen LogP contribution in [0.3, 0.4) is 0 Å². The standard InChI is InChI=1S/C10H10F4N2/c11-6-5-7(12)9(14)10(8(6)13)16-3-1-15-2-4-16/h5,15H,1-4H2. The number of benzene rings is 1. The van der Waals surface area contributed by atoms with Crippen molar-refractivity contribution in [2.75, 3.05) is 31.1 Å². The van der Waals surface area contributed by atoms with E-state index in [0.29, 0.717) is 26.2 Å². The Morgan fingerprint density at radius 1 is 0.938 bits per heavy atom. The zero-order valence-electron chi connectivity index (χ0n) is 8.36. The lowest BCUT2D eigenvalue weighted by Gasteiger charge is -2.30. The average Bonchev–Trinajstić information content (AvgIpc) is 2.28. The molecule has 0 aromatic heterocycles. The second-order valence-corrected chi connectivity index (χ2v) is 3.55. The second kappa shape index (κ2) is 4.29. The maximum atomic E-state index is 13.4. The number of nitrogens with one attached hydrogen (secondary N) is 1. The van der Waals surface area contributed by atoms with E-state index in [1.807, 2.05) is 0 Å². The first-order valence-electron chi connectivity index (χ1n) is 4.90. The van der Waals surface area contributed by atoms with Crippen LogP contribution in [0.15, 0.2) is 6.07 Å². The number of hydrogen-bond acceptors (Lipinski definition) is 2. The number of hydrogen-bond donors (Lipinski definition) is 1. The van der Waals surface area contributed by atoms with Gasteiger partial charge in [0.2, 0.25) is 0 Å². The summed E-state index contributed by atoms with van der Waals surface area (Å²) in [4.78, 5) is 1.30. The molecule has 88 valence electrons. The van der Waals surface area contributed by atoms with Gasteiger partial charge in [0, 0.05) is 32.2 Å². The van der Waals surface area contributed by atoms with Crippen LogP contribution in [0.5, 0.6) is 0 Å². The quantitative estimate of drug-likeness (QED) is 0.587. The van der Waals surface area contributed by atoms with Crippen LogP contribution in [0, 0.1) is 23.3 Å². The monoisotopic (exact) mass is 234 g/mol. The lowest BCUT2D eigenvalue weighted by Crippen LogP contribution is -2.44. The summed E-state index contributed by atoms with van der Waals surface area (Å²) in [6, 6.07) is 0.219. The Morgan fingerprint density at radius 3 is 1.94 bits per heavy atom. The maximum absolute atomic E-state index is 13.4. The summed E-state index contributed by atoms with van der Waals surface area (Å²) in [5.41, 5.74) is -0.612. The SMILES string of the molecule is Fc1cc(F)c(F)c(N2CCNCC2)c1F.